The van der Waals surface area contributed by atoms with Gasteiger partial charge < -0.3 is 5.21 Å². The molecule has 0 aliphatic rings. The van der Waals surface area contributed by atoms with Gasteiger partial charge in [0.05, 0.1) is 5.71 Å². The third kappa shape index (κ3) is 2.34. The Kier molecular flexibility index (Phi) is 3.29. The van der Waals surface area contributed by atoms with Gasteiger partial charge in [-0.05, 0) is 18.6 Å². The number of nitrogens with zero attached hydrogens (tertiary/aromatic N) is 1. The molecular formula is C9H10BrNO. The highest BCUT2D eigenvalue weighted by atomic mass is 79.9. The largest absolute Gasteiger partial charge is 0.411 e. The molecule has 1 aromatic carbocycles. The van der Waals surface area contributed by atoms with Crippen LogP contribution in [-0.2, 0) is 6.42 Å². The molecule has 0 atom stereocenters. The van der Waals surface area contributed by atoms with Crippen LogP contribution < -0.4 is 0 Å². The van der Waals surface area contributed by atoms with Gasteiger partial charge in [0.25, 0.3) is 0 Å². The van der Waals surface area contributed by atoms with Gasteiger partial charge in [0.2, 0.25) is 0 Å². The maximum absolute atomic E-state index is 8.46. The predicted octanol–water partition coefficient (Wildman–Crippen LogP) is 2.84. The molecule has 0 aliphatic heterocycles. The van der Waals surface area contributed by atoms with E-state index in [0.29, 0.717) is 12.1 Å². The normalized spacial score (nSPS) is 11.7. The monoisotopic (exact) mass is 227 g/mol. The van der Waals surface area contributed by atoms with Gasteiger partial charge in [-0.1, -0.05) is 39.3 Å². The molecule has 0 fully saturated rings. The fourth-order valence-corrected chi connectivity index (χ4v) is 1.38. The van der Waals surface area contributed by atoms with Crippen LogP contribution in [0.25, 0.3) is 0 Å². The van der Waals surface area contributed by atoms with E-state index >= 15 is 0 Å². The lowest BCUT2D eigenvalue weighted by Gasteiger charge is -2.01. The summed E-state index contributed by atoms with van der Waals surface area (Å²) in [5.41, 5.74) is 1.84. The SMILES string of the molecule is C/C(Cc1ccccc1Br)=N/O. The molecule has 0 saturated carbocycles. The number of hydrogen-bond donors (Lipinski definition) is 1. The lowest BCUT2D eigenvalue weighted by Crippen LogP contribution is -1.97. The lowest BCUT2D eigenvalue weighted by molar-refractivity contribution is 0.317. The van der Waals surface area contributed by atoms with Crippen molar-refractivity contribution in [3.05, 3.63) is 34.3 Å². The summed E-state index contributed by atoms with van der Waals surface area (Å²) < 4.78 is 1.05. The second-order valence-corrected chi connectivity index (χ2v) is 3.46. The summed E-state index contributed by atoms with van der Waals surface area (Å²) in [4.78, 5) is 0. The van der Waals surface area contributed by atoms with Crippen molar-refractivity contribution in [2.24, 2.45) is 5.16 Å². The Balaban J connectivity index is 2.82. The predicted molar refractivity (Wildman–Crippen MR) is 52.7 cm³/mol. The van der Waals surface area contributed by atoms with Crippen molar-refractivity contribution in [2.45, 2.75) is 13.3 Å². The molecule has 12 heavy (non-hydrogen) atoms. The van der Waals surface area contributed by atoms with E-state index in [1.807, 2.05) is 24.3 Å². The summed E-state index contributed by atoms with van der Waals surface area (Å²) in [6, 6.07) is 7.89. The molecule has 0 amide bonds. The number of halogens is 1. The maximum atomic E-state index is 8.46. The molecule has 0 heterocycles. The summed E-state index contributed by atoms with van der Waals surface area (Å²) in [5.74, 6) is 0. The van der Waals surface area contributed by atoms with Crippen molar-refractivity contribution < 1.29 is 5.21 Å². The summed E-state index contributed by atoms with van der Waals surface area (Å²) in [5, 5.41) is 11.6. The highest BCUT2D eigenvalue weighted by Gasteiger charge is 1.99. The third-order valence-corrected chi connectivity index (χ3v) is 2.35. The minimum atomic E-state index is 0.678. The third-order valence-electron chi connectivity index (χ3n) is 1.57. The Labute approximate surface area is 80.0 Å². The molecule has 1 aromatic rings. The minimum Gasteiger partial charge on any atom is -0.411 e. The second-order valence-electron chi connectivity index (χ2n) is 2.60. The van der Waals surface area contributed by atoms with Gasteiger partial charge in [0, 0.05) is 10.9 Å². The molecule has 0 aromatic heterocycles. The van der Waals surface area contributed by atoms with Crippen molar-refractivity contribution in [3.8, 4) is 0 Å². The van der Waals surface area contributed by atoms with Crippen LogP contribution in [-0.4, -0.2) is 10.9 Å². The van der Waals surface area contributed by atoms with Crippen LogP contribution in [0.4, 0.5) is 0 Å². The molecule has 64 valence electrons. The molecular weight excluding hydrogens is 218 g/mol. The van der Waals surface area contributed by atoms with Crippen molar-refractivity contribution in [1.29, 1.82) is 0 Å². The minimum absolute atomic E-state index is 0.678. The van der Waals surface area contributed by atoms with E-state index < -0.39 is 0 Å². The van der Waals surface area contributed by atoms with Crippen LogP contribution in [0.5, 0.6) is 0 Å². The molecule has 1 rings (SSSR count). The van der Waals surface area contributed by atoms with E-state index in [-0.39, 0.29) is 0 Å². The molecule has 0 unspecified atom stereocenters. The molecule has 1 N–H and O–H groups in total. The Hall–Kier alpha value is -0.830. The number of rotatable bonds is 2. The first-order valence-corrected chi connectivity index (χ1v) is 4.44. The van der Waals surface area contributed by atoms with Crippen LogP contribution >= 0.6 is 15.9 Å². The Morgan fingerprint density at radius 1 is 1.50 bits per heavy atom. The summed E-state index contributed by atoms with van der Waals surface area (Å²) in [7, 11) is 0. The number of oxime groups is 1. The topological polar surface area (TPSA) is 32.6 Å². The fourth-order valence-electron chi connectivity index (χ4n) is 0.953. The molecule has 0 bridgehead atoms. The zero-order valence-corrected chi connectivity index (χ0v) is 8.37. The maximum Gasteiger partial charge on any atom is 0.0584 e. The molecule has 0 radical (unpaired) electrons. The van der Waals surface area contributed by atoms with Crippen molar-refractivity contribution in [1.82, 2.24) is 0 Å². The van der Waals surface area contributed by atoms with Gasteiger partial charge in [-0.15, -0.1) is 0 Å². The first kappa shape index (κ1) is 9.26. The number of benzene rings is 1. The van der Waals surface area contributed by atoms with Crippen LogP contribution in [0.3, 0.4) is 0 Å². The first-order chi connectivity index (χ1) is 5.74. The second kappa shape index (κ2) is 4.26. The summed E-state index contributed by atoms with van der Waals surface area (Å²) >= 11 is 3.42. The molecule has 0 spiro atoms. The fraction of sp³-hybridized carbons (Fsp3) is 0.222. The highest BCUT2D eigenvalue weighted by molar-refractivity contribution is 9.10. The van der Waals surface area contributed by atoms with Crippen molar-refractivity contribution >= 4 is 21.6 Å². The lowest BCUT2D eigenvalue weighted by atomic mass is 10.1. The molecule has 3 heteroatoms. The molecule has 0 saturated heterocycles. The van der Waals surface area contributed by atoms with E-state index in [4.69, 9.17) is 5.21 Å². The van der Waals surface area contributed by atoms with Crippen molar-refractivity contribution in [3.63, 3.8) is 0 Å². The van der Waals surface area contributed by atoms with E-state index in [1.54, 1.807) is 6.92 Å². The van der Waals surface area contributed by atoms with Gasteiger partial charge >= 0.3 is 0 Å². The average molecular weight is 228 g/mol. The van der Waals surface area contributed by atoms with Gasteiger partial charge in [-0.25, -0.2) is 0 Å². The van der Waals surface area contributed by atoms with E-state index in [9.17, 15) is 0 Å². The van der Waals surface area contributed by atoms with E-state index in [0.717, 1.165) is 10.0 Å². The first-order valence-electron chi connectivity index (χ1n) is 3.65. The number of hydrogen-bond acceptors (Lipinski definition) is 2. The molecule has 2 nitrogen and oxygen atoms in total. The molecule has 0 aliphatic carbocycles. The van der Waals surface area contributed by atoms with Gasteiger partial charge in [-0.3, -0.25) is 0 Å². The zero-order valence-electron chi connectivity index (χ0n) is 6.79. The standard InChI is InChI=1S/C9H10BrNO/c1-7(11-12)6-8-4-2-3-5-9(8)10/h2-5,12H,6H2,1H3/b11-7-. The summed E-state index contributed by atoms with van der Waals surface area (Å²) in [6.45, 7) is 1.79. The van der Waals surface area contributed by atoms with Crippen LogP contribution in [0.1, 0.15) is 12.5 Å². The average Bonchev–Trinajstić information content (AvgIpc) is 2.09. The quantitative estimate of drug-likeness (QED) is 0.471. The smallest absolute Gasteiger partial charge is 0.0584 e. The Morgan fingerprint density at radius 2 is 2.17 bits per heavy atom. The van der Waals surface area contributed by atoms with Crippen LogP contribution in [0.15, 0.2) is 33.9 Å². The summed E-state index contributed by atoms with van der Waals surface area (Å²) in [6.07, 6.45) is 0.678. The van der Waals surface area contributed by atoms with E-state index in [2.05, 4.69) is 21.1 Å². The van der Waals surface area contributed by atoms with Gasteiger partial charge in [0.15, 0.2) is 0 Å². The van der Waals surface area contributed by atoms with E-state index in [1.165, 1.54) is 0 Å². The Bertz CT molecular complexity index is 296. The highest BCUT2D eigenvalue weighted by Crippen LogP contribution is 2.16. The zero-order chi connectivity index (χ0) is 8.97. The van der Waals surface area contributed by atoms with Crippen molar-refractivity contribution in [2.75, 3.05) is 0 Å². The van der Waals surface area contributed by atoms with Gasteiger partial charge in [-0.2, -0.15) is 0 Å². The van der Waals surface area contributed by atoms with Gasteiger partial charge in [0.1, 0.15) is 0 Å². The van der Waals surface area contributed by atoms with Crippen LogP contribution in [0, 0.1) is 0 Å². The Morgan fingerprint density at radius 3 is 2.75 bits per heavy atom. The van der Waals surface area contributed by atoms with Crippen LogP contribution in [0.2, 0.25) is 0 Å².